The van der Waals surface area contributed by atoms with E-state index in [1.807, 2.05) is 54.6 Å². The van der Waals surface area contributed by atoms with Gasteiger partial charge in [-0.2, -0.15) is 0 Å². The number of carbonyl (C=O) groups is 1. The van der Waals surface area contributed by atoms with Crippen LogP contribution in [0.1, 0.15) is 10.6 Å². The molecule has 3 rings (SSSR count). The van der Waals surface area contributed by atoms with Crippen LogP contribution >= 0.6 is 24.0 Å². The van der Waals surface area contributed by atoms with Crippen molar-refractivity contribution in [3.63, 3.8) is 0 Å². The van der Waals surface area contributed by atoms with Crippen LogP contribution in [0.25, 0.3) is 0 Å². The van der Waals surface area contributed by atoms with Crippen LogP contribution in [0.3, 0.4) is 0 Å². The van der Waals surface area contributed by atoms with Crippen molar-refractivity contribution in [3.05, 3.63) is 78.8 Å². The van der Waals surface area contributed by atoms with Crippen LogP contribution in [0.2, 0.25) is 0 Å². The summed E-state index contributed by atoms with van der Waals surface area (Å²) >= 11 is 0. The number of ether oxygens (including phenoxy) is 1. The van der Waals surface area contributed by atoms with Crippen molar-refractivity contribution in [2.24, 2.45) is 10.7 Å². The number of para-hydroxylation sites is 1. The summed E-state index contributed by atoms with van der Waals surface area (Å²) in [5.74, 6) is 1.67. The standard InChI is InChI=1S/C20H20N4O3.HI/c21-20(23-12-11-22-19(25)18-10-5-13-26-18)24-15-6-4-9-17(14-15)27-16-7-2-1-3-8-16;/h1-10,13-14H,11-12H2,(H,22,25)(H3,21,23,24);1H. The summed E-state index contributed by atoms with van der Waals surface area (Å²) in [5.41, 5.74) is 6.64. The number of furan rings is 1. The van der Waals surface area contributed by atoms with E-state index < -0.39 is 0 Å². The second-order valence-electron chi connectivity index (χ2n) is 5.57. The lowest BCUT2D eigenvalue weighted by Gasteiger charge is -2.09. The molecule has 4 N–H and O–H groups in total. The average Bonchev–Trinajstić information content (AvgIpc) is 3.21. The monoisotopic (exact) mass is 492 g/mol. The van der Waals surface area contributed by atoms with E-state index in [-0.39, 0.29) is 41.6 Å². The van der Waals surface area contributed by atoms with E-state index in [4.69, 9.17) is 14.9 Å². The molecule has 0 atom stereocenters. The molecule has 0 aliphatic carbocycles. The zero-order valence-electron chi connectivity index (χ0n) is 15.0. The highest BCUT2D eigenvalue weighted by Gasteiger charge is 2.06. The van der Waals surface area contributed by atoms with Crippen molar-refractivity contribution in [3.8, 4) is 11.5 Å². The number of halogens is 1. The Morgan fingerprint density at radius 2 is 1.82 bits per heavy atom. The number of nitrogens with zero attached hydrogens (tertiary/aromatic N) is 1. The first-order valence-corrected chi connectivity index (χ1v) is 8.42. The van der Waals surface area contributed by atoms with Gasteiger partial charge in [0, 0.05) is 18.3 Å². The van der Waals surface area contributed by atoms with Crippen molar-refractivity contribution < 1.29 is 13.9 Å². The molecule has 0 bridgehead atoms. The van der Waals surface area contributed by atoms with Crippen LogP contribution in [0.5, 0.6) is 11.5 Å². The molecule has 146 valence electrons. The minimum atomic E-state index is -0.285. The first-order valence-electron chi connectivity index (χ1n) is 8.42. The van der Waals surface area contributed by atoms with Gasteiger partial charge >= 0.3 is 0 Å². The maximum atomic E-state index is 11.7. The summed E-state index contributed by atoms with van der Waals surface area (Å²) < 4.78 is 10.8. The van der Waals surface area contributed by atoms with Gasteiger partial charge in [0.2, 0.25) is 0 Å². The molecule has 1 heterocycles. The van der Waals surface area contributed by atoms with Crippen LogP contribution in [0.4, 0.5) is 5.69 Å². The number of rotatable bonds is 7. The Hall–Kier alpha value is -3.01. The highest BCUT2D eigenvalue weighted by Crippen LogP contribution is 2.23. The number of carbonyl (C=O) groups excluding carboxylic acids is 1. The Bertz CT molecular complexity index is 899. The largest absolute Gasteiger partial charge is 0.459 e. The third kappa shape index (κ3) is 6.62. The summed E-state index contributed by atoms with van der Waals surface area (Å²) in [6.45, 7) is 0.685. The fourth-order valence-electron chi connectivity index (χ4n) is 2.29. The topological polar surface area (TPSA) is 102 Å². The smallest absolute Gasteiger partial charge is 0.287 e. The van der Waals surface area contributed by atoms with Gasteiger partial charge in [-0.05, 0) is 36.4 Å². The number of nitrogens with two attached hydrogens (primary N) is 1. The SMILES string of the molecule is I.NC(=NCCNC(=O)c1ccco1)Nc1cccc(Oc2ccccc2)c1. The van der Waals surface area contributed by atoms with Crippen LogP contribution in [0, 0.1) is 0 Å². The number of guanidine groups is 1. The van der Waals surface area contributed by atoms with Crippen LogP contribution in [-0.2, 0) is 0 Å². The van der Waals surface area contributed by atoms with Gasteiger partial charge in [0.15, 0.2) is 11.7 Å². The van der Waals surface area contributed by atoms with Gasteiger partial charge < -0.3 is 25.5 Å². The summed E-state index contributed by atoms with van der Waals surface area (Å²) in [6.07, 6.45) is 1.45. The Morgan fingerprint density at radius 1 is 1.04 bits per heavy atom. The Balaban J connectivity index is 0.00000280. The van der Waals surface area contributed by atoms with Crippen molar-refractivity contribution in [1.29, 1.82) is 0 Å². The fraction of sp³-hybridized carbons (Fsp3) is 0.100. The van der Waals surface area contributed by atoms with Crippen molar-refractivity contribution in [1.82, 2.24) is 5.32 Å². The molecule has 0 aliphatic heterocycles. The Labute approximate surface area is 180 Å². The van der Waals surface area contributed by atoms with Gasteiger partial charge in [0.05, 0.1) is 12.8 Å². The van der Waals surface area contributed by atoms with E-state index in [1.54, 1.807) is 12.1 Å². The minimum absolute atomic E-state index is 0. The minimum Gasteiger partial charge on any atom is -0.459 e. The van der Waals surface area contributed by atoms with E-state index >= 15 is 0 Å². The molecule has 0 spiro atoms. The fourth-order valence-corrected chi connectivity index (χ4v) is 2.29. The first kappa shape index (κ1) is 21.3. The lowest BCUT2D eigenvalue weighted by atomic mass is 10.3. The van der Waals surface area contributed by atoms with E-state index in [0.717, 1.165) is 11.4 Å². The Morgan fingerprint density at radius 3 is 2.57 bits per heavy atom. The zero-order valence-corrected chi connectivity index (χ0v) is 17.3. The van der Waals surface area contributed by atoms with Crippen LogP contribution in [0.15, 0.2) is 82.4 Å². The lowest BCUT2D eigenvalue weighted by molar-refractivity contribution is 0.0927. The van der Waals surface area contributed by atoms with Gasteiger partial charge in [-0.15, -0.1) is 24.0 Å². The molecular weight excluding hydrogens is 471 g/mol. The van der Waals surface area contributed by atoms with Gasteiger partial charge in [-0.1, -0.05) is 24.3 Å². The number of aliphatic imine (C=N–C) groups is 1. The quantitative estimate of drug-likeness (QED) is 0.201. The summed E-state index contributed by atoms with van der Waals surface area (Å²) in [4.78, 5) is 15.9. The average molecular weight is 492 g/mol. The van der Waals surface area contributed by atoms with Crippen LogP contribution in [-0.4, -0.2) is 25.0 Å². The van der Waals surface area contributed by atoms with Crippen LogP contribution < -0.4 is 21.1 Å². The zero-order chi connectivity index (χ0) is 18.9. The van der Waals surface area contributed by atoms with Crippen molar-refractivity contribution >= 4 is 41.5 Å². The molecule has 3 aromatic rings. The molecule has 1 aromatic heterocycles. The molecule has 0 unspecified atom stereocenters. The van der Waals surface area contributed by atoms with E-state index in [2.05, 4.69) is 15.6 Å². The number of anilines is 1. The number of hydrogen-bond acceptors (Lipinski definition) is 4. The highest BCUT2D eigenvalue weighted by atomic mass is 127. The number of amides is 1. The van der Waals surface area contributed by atoms with Crippen molar-refractivity contribution in [2.75, 3.05) is 18.4 Å². The molecule has 8 heteroatoms. The number of hydrogen-bond donors (Lipinski definition) is 3. The molecule has 0 aliphatic rings. The molecule has 0 fully saturated rings. The Kier molecular flexibility index (Phi) is 8.35. The number of benzene rings is 2. The normalized spacial score (nSPS) is 10.6. The van der Waals surface area contributed by atoms with Gasteiger partial charge in [-0.25, -0.2) is 0 Å². The maximum absolute atomic E-state index is 11.7. The summed E-state index contributed by atoms with van der Waals surface area (Å²) in [5, 5.41) is 5.70. The summed E-state index contributed by atoms with van der Waals surface area (Å²) in [7, 11) is 0. The molecule has 0 saturated heterocycles. The molecule has 2 aromatic carbocycles. The second kappa shape index (κ2) is 11.0. The third-order valence-corrected chi connectivity index (χ3v) is 3.51. The maximum Gasteiger partial charge on any atom is 0.287 e. The van der Waals surface area contributed by atoms with Gasteiger partial charge in [-0.3, -0.25) is 9.79 Å². The van der Waals surface area contributed by atoms with Gasteiger partial charge in [0.25, 0.3) is 5.91 Å². The predicted octanol–water partition coefficient (Wildman–Crippen LogP) is 3.85. The van der Waals surface area contributed by atoms with E-state index in [1.165, 1.54) is 6.26 Å². The van der Waals surface area contributed by atoms with Crippen molar-refractivity contribution in [2.45, 2.75) is 0 Å². The summed E-state index contributed by atoms with van der Waals surface area (Å²) in [6, 6.07) is 20.2. The molecule has 1 amide bonds. The molecular formula is C20H21IN4O3. The molecule has 0 saturated carbocycles. The molecule has 0 radical (unpaired) electrons. The molecule has 28 heavy (non-hydrogen) atoms. The van der Waals surface area contributed by atoms with Gasteiger partial charge in [0.1, 0.15) is 11.5 Å². The van der Waals surface area contributed by atoms with E-state index in [9.17, 15) is 4.79 Å². The predicted molar refractivity (Wildman–Crippen MR) is 120 cm³/mol. The lowest BCUT2D eigenvalue weighted by Crippen LogP contribution is -2.28. The first-order chi connectivity index (χ1) is 13.2. The number of nitrogens with one attached hydrogen (secondary N) is 2. The molecule has 7 nitrogen and oxygen atoms in total. The highest BCUT2D eigenvalue weighted by molar-refractivity contribution is 14.0. The van der Waals surface area contributed by atoms with E-state index in [0.29, 0.717) is 18.8 Å². The third-order valence-electron chi connectivity index (χ3n) is 3.51. The second-order valence-corrected chi connectivity index (χ2v) is 5.57.